The number of carbonyl (C=O) groups excluding carboxylic acids is 3. The minimum Gasteiger partial charge on any atom is -0.504 e. The number of ether oxygens (including phenoxy) is 4. The van der Waals surface area contributed by atoms with Gasteiger partial charge in [0.25, 0.3) is 11.8 Å². The Labute approximate surface area is 287 Å². The lowest BCUT2D eigenvalue weighted by Crippen LogP contribution is -2.69. The number of nitriles is 1. The molecular formula is C36H33ClN4O8. The van der Waals surface area contributed by atoms with Crippen molar-refractivity contribution in [1.82, 2.24) is 14.7 Å². The van der Waals surface area contributed by atoms with E-state index in [-0.39, 0.29) is 37.3 Å². The first-order valence-corrected chi connectivity index (χ1v) is 16.4. The number of hydrogen-bond donors (Lipinski definition) is 1. The highest BCUT2D eigenvalue weighted by Gasteiger charge is 2.58. The monoisotopic (exact) mass is 684 g/mol. The van der Waals surface area contributed by atoms with Crippen LogP contribution in [0.3, 0.4) is 0 Å². The van der Waals surface area contributed by atoms with Gasteiger partial charge in [-0.15, -0.1) is 0 Å². The molecule has 0 aromatic heterocycles. The zero-order chi connectivity index (χ0) is 34.6. The van der Waals surface area contributed by atoms with Crippen LogP contribution < -0.4 is 18.9 Å². The third kappa shape index (κ3) is 4.19. The van der Waals surface area contributed by atoms with E-state index in [1.54, 1.807) is 38.1 Å². The van der Waals surface area contributed by atoms with Crippen molar-refractivity contribution in [2.75, 3.05) is 27.5 Å². The van der Waals surface area contributed by atoms with Gasteiger partial charge in [0.1, 0.15) is 11.8 Å². The number of methoxy groups -OCH3 is 1. The number of piperazine rings is 1. The van der Waals surface area contributed by atoms with Gasteiger partial charge < -0.3 is 24.1 Å². The molecule has 2 bridgehead atoms. The number of aromatic hydroxyl groups is 1. The summed E-state index contributed by atoms with van der Waals surface area (Å²) in [6.07, 6.45) is 0.624. The summed E-state index contributed by atoms with van der Waals surface area (Å²) in [6, 6.07) is 6.28. The molecule has 3 aromatic carbocycles. The van der Waals surface area contributed by atoms with E-state index in [1.807, 2.05) is 7.05 Å². The molecular weight excluding hydrogens is 652 g/mol. The number of amides is 2. The molecule has 5 aliphatic heterocycles. The van der Waals surface area contributed by atoms with E-state index in [9.17, 15) is 24.8 Å². The van der Waals surface area contributed by atoms with Crippen molar-refractivity contribution in [2.45, 2.75) is 63.8 Å². The van der Waals surface area contributed by atoms with E-state index < -0.39 is 42.0 Å². The Hall–Kier alpha value is -4.83. The molecule has 5 heterocycles. The van der Waals surface area contributed by atoms with Crippen LogP contribution >= 0.6 is 11.6 Å². The lowest BCUT2D eigenvalue weighted by Gasteiger charge is -2.60. The van der Waals surface area contributed by atoms with Crippen LogP contribution in [0.25, 0.3) is 0 Å². The van der Waals surface area contributed by atoms with Gasteiger partial charge in [-0.1, -0.05) is 23.7 Å². The van der Waals surface area contributed by atoms with Gasteiger partial charge in [-0.2, -0.15) is 5.26 Å². The Bertz CT molecular complexity index is 2020. The number of phenols is 1. The first-order valence-electron chi connectivity index (χ1n) is 16.0. The minimum atomic E-state index is -0.781. The third-order valence-corrected chi connectivity index (χ3v) is 11.4. The molecule has 252 valence electrons. The van der Waals surface area contributed by atoms with Gasteiger partial charge >= 0.3 is 5.97 Å². The van der Waals surface area contributed by atoms with Crippen molar-refractivity contribution >= 4 is 29.4 Å². The number of phenolic OH excluding ortho intramolecular Hbond substituents is 1. The number of fused-ring (bicyclic) bond motifs is 10. The Balaban J connectivity index is 1.39. The number of halogens is 1. The van der Waals surface area contributed by atoms with Crippen molar-refractivity contribution < 1.29 is 38.4 Å². The van der Waals surface area contributed by atoms with Crippen molar-refractivity contribution in [1.29, 1.82) is 5.26 Å². The molecule has 0 saturated carbocycles. The first-order chi connectivity index (χ1) is 23.5. The summed E-state index contributed by atoms with van der Waals surface area (Å²) >= 11 is 6.98. The molecule has 0 spiro atoms. The highest BCUT2D eigenvalue weighted by atomic mass is 35.5. The zero-order valence-electron chi connectivity index (χ0n) is 27.5. The second kappa shape index (κ2) is 11.1. The molecule has 1 N–H and O–H groups in total. The van der Waals surface area contributed by atoms with Crippen LogP contribution in [0.15, 0.2) is 24.3 Å². The largest absolute Gasteiger partial charge is 0.504 e. The third-order valence-electron chi connectivity index (χ3n) is 10.9. The summed E-state index contributed by atoms with van der Waals surface area (Å²) in [4.78, 5) is 45.6. The first kappa shape index (κ1) is 31.4. The van der Waals surface area contributed by atoms with E-state index in [0.717, 1.165) is 5.56 Å². The number of benzene rings is 3. The molecule has 3 aromatic rings. The summed E-state index contributed by atoms with van der Waals surface area (Å²) in [7, 11) is 3.40. The smallest absolute Gasteiger partial charge is 0.308 e. The van der Waals surface area contributed by atoms with E-state index in [0.29, 0.717) is 67.6 Å². The van der Waals surface area contributed by atoms with E-state index >= 15 is 0 Å². The van der Waals surface area contributed by atoms with Crippen LogP contribution in [-0.4, -0.2) is 83.2 Å². The fourth-order valence-electron chi connectivity index (χ4n) is 8.88. The van der Waals surface area contributed by atoms with Gasteiger partial charge in [0.2, 0.25) is 6.79 Å². The molecule has 0 radical (unpaired) electrons. The van der Waals surface area contributed by atoms with E-state index in [2.05, 4.69) is 15.9 Å². The molecule has 12 nitrogen and oxygen atoms in total. The zero-order valence-corrected chi connectivity index (χ0v) is 28.3. The normalized spacial score (nSPS) is 24.9. The summed E-state index contributed by atoms with van der Waals surface area (Å²) in [6.45, 7) is 4.69. The van der Waals surface area contributed by atoms with Gasteiger partial charge in [-0.05, 0) is 51.4 Å². The molecule has 5 atom stereocenters. The number of esters is 1. The van der Waals surface area contributed by atoms with Crippen molar-refractivity contribution in [2.24, 2.45) is 0 Å². The molecule has 13 heteroatoms. The number of likely N-dealkylation sites (N-methyl/N-ethyl adjacent to an activating group) is 1. The van der Waals surface area contributed by atoms with E-state index in [1.165, 1.54) is 18.9 Å². The van der Waals surface area contributed by atoms with Crippen molar-refractivity contribution in [3.8, 4) is 34.8 Å². The maximum absolute atomic E-state index is 13.8. The summed E-state index contributed by atoms with van der Waals surface area (Å²) < 4.78 is 23.5. The van der Waals surface area contributed by atoms with Gasteiger partial charge in [0.15, 0.2) is 23.0 Å². The maximum Gasteiger partial charge on any atom is 0.308 e. The Morgan fingerprint density at radius 2 is 1.67 bits per heavy atom. The van der Waals surface area contributed by atoms with Crippen LogP contribution in [0.4, 0.5) is 0 Å². The average Bonchev–Trinajstić information content (AvgIpc) is 3.66. The highest BCUT2D eigenvalue weighted by Crippen LogP contribution is 2.59. The number of rotatable bonds is 4. The topological polar surface area (TPSA) is 142 Å². The minimum absolute atomic E-state index is 0.0326. The molecule has 2 amide bonds. The van der Waals surface area contributed by atoms with E-state index in [4.69, 9.17) is 30.5 Å². The average molecular weight is 685 g/mol. The number of imide groups is 1. The lowest BCUT2D eigenvalue weighted by atomic mass is 9.71. The van der Waals surface area contributed by atoms with Gasteiger partial charge in [0.05, 0.1) is 41.4 Å². The standard InChI is InChI=1S/C36H33ClN4O8/c1-15-28(37)20-10-22-24(12-38)41-23(29(39(22)4)27(20)30(43)32(15)46-5)11-21-26(34-33(47-14-48-34)16(2)31(21)49-17(3)42)25(41)13-40-35(44)18-8-6-7-9-19(18)36(40)45/h6-9,22-25,29,43H,10-11,13-14H2,1-5H3/t22-,23-,24-,25-,29-/m0/s1. The highest BCUT2D eigenvalue weighted by molar-refractivity contribution is 6.32. The fraction of sp³-hybridized carbons (Fsp3) is 0.389. The maximum atomic E-state index is 13.8. The lowest BCUT2D eigenvalue weighted by molar-refractivity contribution is -0.132. The summed E-state index contributed by atoms with van der Waals surface area (Å²) in [5, 5.41) is 23.2. The van der Waals surface area contributed by atoms with Gasteiger partial charge in [-0.25, -0.2) is 0 Å². The second-order valence-electron chi connectivity index (χ2n) is 13.2. The fourth-order valence-corrected chi connectivity index (χ4v) is 9.15. The summed E-state index contributed by atoms with van der Waals surface area (Å²) in [5.41, 5.74) is 4.35. The van der Waals surface area contributed by atoms with Crippen LogP contribution in [0.2, 0.25) is 5.02 Å². The van der Waals surface area contributed by atoms with Crippen molar-refractivity contribution in [3.63, 3.8) is 0 Å². The predicted molar refractivity (Wildman–Crippen MR) is 174 cm³/mol. The molecule has 0 aliphatic carbocycles. The number of nitrogens with zero attached hydrogens (tertiary/aromatic N) is 4. The Morgan fingerprint density at radius 1 is 1.02 bits per heavy atom. The number of hydrogen-bond acceptors (Lipinski definition) is 11. The number of carbonyl (C=O) groups is 3. The predicted octanol–water partition coefficient (Wildman–Crippen LogP) is 4.39. The molecule has 49 heavy (non-hydrogen) atoms. The molecule has 1 saturated heterocycles. The van der Waals surface area contributed by atoms with Crippen LogP contribution in [0.1, 0.15) is 73.1 Å². The second-order valence-corrected chi connectivity index (χ2v) is 13.6. The molecule has 5 aliphatic rings. The van der Waals surface area contributed by atoms with Gasteiger partial charge in [0, 0.05) is 53.4 Å². The van der Waals surface area contributed by atoms with Gasteiger partial charge in [-0.3, -0.25) is 29.1 Å². The molecule has 1 fully saturated rings. The quantitative estimate of drug-likeness (QED) is 0.238. The Morgan fingerprint density at radius 3 is 2.31 bits per heavy atom. The van der Waals surface area contributed by atoms with Crippen LogP contribution in [-0.2, 0) is 17.6 Å². The molecule has 0 unspecified atom stereocenters. The molecule has 8 rings (SSSR count). The summed E-state index contributed by atoms with van der Waals surface area (Å²) in [5.74, 6) is -0.0560. The van der Waals surface area contributed by atoms with Crippen LogP contribution in [0.5, 0.6) is 28.7 Å². The Kier molecular flexibility index (Phi) is 7.12. The van der Waals surface area contributed by atoms with Crippen molar-refractivity contribution in [3.05, 3.63) is 73.8 Å². The van der Waals surface area contributed by atoms with Crippen LogP contribution in [0, 0.1) is 25.2 Å². The SMILES string of the molecule is COc1c(C)c(Cl)c2c(c1O)[C@@H]1[C@@H]3Cc4c(OC(C)=O)c(C)c5c(c4[C@H](CN4C(=O)c6ccccc6C4=O)N3[C@@H](C#N)[C@H](C2)N1C)OCO5.